The van der Waals surface area contributed by atoms with E-state index in [0.717, 1.165) is 5.76 Å². The number of rotatable bonds is 2. The van der Waals surface area contributed by atoms with Gasteiger partial charge in [0.25, 0.3) is 0 Å². The van der Waals surface area contributed by atoms with Gasteiger partial charge >= 0.3 is 0 Å². The Hall–Kier alpha value is -0.760. The summed E-state index contributed by atoms with van der Waals surface area (Å²) in [6.45, 7) is 8.11. The second-order valence-electron chi connectivity index (χ2n) is 9.23. The molecule has 1 aromatic heterocycles. The molecule has 0 unspecified atom stereocenters. The highest BCUT2D eigenvalue weighted by atomic mass is 16.3. The zero-order valence-electron chi connectivity index (χ0n) is 13.1. The van der Waals surface area contributed by atoms with Crippen LogP contribution in [-0.4, -0.2) is 0 Å². The SMILES string of the molecule is CC12CC3(C)CC(C)(C1)CC(c1ccoc1CN)(C2)C3. The van der Waals surface area contributed by atoms with E-state index in [2.05, 4.69) is 26.8 Å². The van der Waals surface area contributed by atoms with Gasteiger partial charge in [0.2, 0.25) is 0 Å². The fraction of sp³-hybridized carbons (Fsp3) is 0.778. The third-order valence-electron chi connectivity index (χ3n) is 6.36. The molecule has 4 aliphatic carbocycles. The summed E-state index contributed by atoms with van der Waals surface area (Å²) in [6, 6.07) is 2.21. The first-order chi connectivity index (χ1) is 9.30. The molecule has 0 amide bonds. The summed E-state index contributed by atoms with van der Waals surface area (Å²) < 4.78 is 5.68. The Kier molecular flexibility index (Phi) is 2.28. The van der Waals surface area contributed by atoms with Crippen molar-refractivity contribution in [1.29, 1.82) is 0 Å². The summed E-state index contributed by atoms with van der Waals surface area (Å²) in [6.07, 6.45) is 10.1. The maximum atomic E-state index is 5.92. The molecule has 20 heavy (non-hydrogen) atoms. The van der Waals surface area contributed by atoms with Crippen LogP contribution in [0.5, 0.6) is 0 Å². The van der Waals surface area contributed by atoms with Gasteiger partial charge in [0.15, 0.2) is 0 Å². The monoisotopic (exact) mass is 273 g/mol. The van der Waals surface area contributed by atoms with Crippen molar-refractivity contribution in [3.05, 3.63) is 23.7 Å². The first kappa shape index (κ1) is 12.9. The van der Waals surface area contributed by atoms with Crippen molar-refractivity contribution in [3.8, 4) is 0 Å². The molecular formula is C18H27NO. The Balaban J connectivity index is 1.87. The second-order valence-corrected chi connectivity index (χ2v) is 9.23. The minimum absolute atomic E-state index is 0.328. The molecule has 4 aliphatic rings. The van der Waals surface area contributed by atoms with Crippen molar-refractivity contribution in [1.82, 2.24) is 0 Å². The number of nitrogens with two attached hydrogens (primary N) is 1. The van der Waals surface area contributed by atoms with E-state index in [9.17, 15) is 0 Å². The lowest BCUT2D eigenvalue weighted by Gasteiger charge is -2.69. The molecule has 0 aliphatic heterocycles. The lowest BCUT2D eigenvalue weighted by molar-refractivity contribution is -0.152. The van der Waals surface area contributed by atoms with Crippen LogP contribution in [0, 0.1) is 16.2 Å². The highest BCUT2D eigenvalue weighted by Gasteiger charge is 2.64. The normalized spacial score (nSPS) is 49.8. The molecule has 2 nitrogen and oxygen atoms in total. The molecule has 1 heterocycles. The zero-order valence-corrected chi connectivity index (χ0v) is 13.1. The highest BCUT2D eigenvalue weighted by molar-refractivity contribution is 5.34. The van der Waals surface area contributed by atoms with Crippen LogP contribution in [0.2, 0.25) is 0 Å². The van der Waals surface area contributed by atoms with E-state index < -0.39 is 0 Å². The molecule has 0 atom stereocenters. The standard InChI is InChI=1S/C18H27NO/c1-15-7-16(2)9-17(3,8-15)12-18(10-15,11-16)13-4-5-20-14(13)6-19/h4-5H,6-12,19H2,1-3H3. The van der Waals surface area contributed by atoms with Crippen LogP contribution < -0.4 is 5.73 Å². The van der Waals surface area contributed by atoms with E-state index >= 15 is 0 Å². The smallest absolute Gasteiger partial charge is 0.121 e. The molecular weight excluding hydrogens is 246 g/mol. The van der Waals surface area contributed by atoms with Crippen LogP contribution >= 0.6 is 0 Å². The van der Waals surface area contributed by atoms with Crippen molar-refractivity contribution in [2.45, 2.75) is 71.3 Å². The molecule has 4 bridgehead atoms. The van der Waals surface area contributed by atoms with E-state index in [-0.39, 0.29) is 0 Å². The van der Waals surface area contributed by atoms with Crippen LogP contribution in [-0.2, 0) is 12.0 Å². The highest BCUT2D eigenvalue weighted by Crippen LogP contribution is 2.73. The molecule has 4 fully saturated rings. The van der Waals surface area contributed by atoms with Gasteiger partial charge in [-0.2, -0.15) is 0 Å². The van der Waals surface area contributed by atoms with E-state index in [0.29, 0.717) is 28.2 Å². The predicted octanol–water partition coefficient (Wildman–Crippen LogP) is 4.38. The molecule has 110 valence electrons. The predicted molar refractivity (Wildman–Crippen MR) is 80.3 cm³/mol. The molecule has 0 radical (unpaired) electrons. The molecule has 0 spiro atoms. The van der Waals surface area contributed by atoms with E-state index in [1.807, 2.05) is 6.26 Å². The van der Waals surface area contributed by atoms with Gasteiger partial charge in [-0.3, -0.25) is 0 Å². The average Bonchev–Trinajstić information content (AvgIpc) is 2.70. The van der Waals surface area contributed by atoms with Gasteiger partial charge in [-0.1, -0.05) is 20.8 Å². The van der Waals surface area contributed by atoms with Gasteiger partial charge in [-0.15, -0.1) is 0 Å². The van der Waals surface area contributed by atoms with Gasteiger partial charge in [0, 0.05) is 11.0 Å². The Morgan fingerprint density at radius 3 is 1.90 bits per heavy atom. The van der Waals surface area contributed by atoms with Crippen molar-refractivity contribution in [3.63, 3.8) is 0 Å². The van der Waals surface area contributed by atoms with Crippen LogP contribution in [0.15, 0.2) is 16.7 Å². The van der Waals surface area contributed by atoms with Crippen LogP contribution in [0.4, 0.5) is 0 Å². The van der Waals surface area contributed by atoms with Crippen LogP contribution in [0.3, 0.4) is 0 Å². The fourth-order valence-electron chi connectivity index (χ4n) is 7.55. The topological polar surface area (TPSA) is 39.2 Å². The van der Waals surface area contributed by atoms with Gasteiger partial charge in [0.1, 0.15) is 5.76 Å². The van der Waals surface area contributed by atoms with E-state index in [1.54, 1.807) is 0 Å². The van der Waals surface area contributed by atoms with Gasteiger partial charge < -0.3 is 10.2 Å². The quantitative estimate of drug-likeness (QED) is 0.868. The summed E-state index contributed by atoms with van der Waals surface area (Å²) in [5.74, 6) is 1.03. The third-order valence-corrected chi connectivity index (χ3v) is 6.36. The minimum Gasteiger partial charge on any atom is -0.468 e. The largest absolute Gasteiger partial charge is 0.468 e. The van der Waals surface area contributed by atoms with Crippen molar-refractivity contribution >= 4 is 0 Å². The summed E-state index contributed by atoms with van der Waals surface area (Å²) in [7, 11) is 0. The van der Waals surface area contributed by atoms with Crippen LogP contribution in [0.25, 0.3) is 0 Å². The van der Waals surface area contributed by atoms with Crippen LogP contribution in [0.1, 0.15) is 70.6 Å². The lowest BCUT2D eigenvalue weighted by atomic mass is 9.35. The van der Waals surface area contributed by atoms with Gasteiger partial charge in [-0.05, 0) is 60.8 Å². The number of hydrogen-bond acceptors (Lipinski definition) is 2. The maximum absolute atomic E-state index is 5.92. The maximum Gasteiger partial charge on any atom is 0.121 e. The molecule has 2 heteroatoms. The van der Waals surface area contributed by atoms with E-state index in [1.165, 1.54) is 44.1 Å². The zero-order chi connectivity index (χ0) is 14.2. The molecule has 0 saturated heterocycles. The number of hydrogen-bond donors (Lipinski definition) is 1. The Bertz CT molecular complexity index is 504. The van der Waals surface area contributed by atoms with Crippen molar-refractivity contribution in [2.24, 2.45) is 22.0 Å². The van der Waals surface area contributed by atoms with Crippen molar-refractivity contribution < 1.29 is 4.42 Å². The Labute approximate surface area is 122 Å². The van der Waals surface area contributed by atoms with Gasteiger partial charge in [-0.25, -0.2) is 0 Å². The van der Waals surface area contributed by atoms with Gasteiger partial charge in [0.05, 0.1) is 12.8 Å². The Morgan fingerprint density at radius 2 is 1.45 bits per heavy atom. The first-order valence-corrected chi connectivity index (χ1v) is 8.07. The summed E-state index contributed by atoms with van der Waals surface area (Å²) in [5, 5.41) is 0. The second kappa shape index (κ2) is 3.52. The molecule has 1 aromatic rings. The lowest BCUT2D eigenvalue weighted by Crippen LogP contribution is -2.60. The molecule has 4 saturated carbocycles. The molecule has 2 N–H and O–H groups in total. The molecule has 0 aromatic carbocycles. The van der Waals surface area contributed by atoms with E-state index in [4.69, 9.17) is 10.2 Å². The summed E-state index contributed by atoms with van der Waals surface area (Å²) >= 11 is 0. The fourth-order valence-corrected chi connectivity index (χ4v) is 7.55. The van der Waals surface area contributed by atoms with Crippen molar-refractivity contribution in [2.75, 3.05) is 0 Å². The molecule has 5 rings (SSSR count). The summed E-state index contributed by atoms with van der Waals surface area (Å²) in [5.41, 5.74) is 9.23. The minimum atomic E-state index is 0.328. The third kappa shape index (κ3) is 1.60. The number of furan rings is 1. The Morgan fingerprint density at radius 1 is 0.950 bits per heavy atom. The first-order valence-electron chi connectivity index (χ1n) is 8.07. The summed E-state index contributed by atoms with van der Waals surface area (Å²) in [4.78, 5) is 0. The average molecular weight is 273 g/mol.